The van der Waals surface area contributed by atoms with Crippen LogP contribution in [0.1, 0.15) is 135 Å². The number of aryl methyl sites for hydroxylation is 1. The second-order valence-corrected chi connectivity index (χ2v) is 13.7. The summed E-state index contributed by atoms with van der Waals surface area (Å²) in [5.41, 5.74) is 10.2. The van der Waals surface area contributed by atoms with Crippen LogP contribution in [0.5, 0.6) is 0 Å². The number of ketones is 1. The summed E-state index contributed by atoms with van der Waals surface area (Å²) in [5, 5.41) is 12.2. The van der Waals surface area contributed by atoms with E-state index < -0.39 is 0 Å². The van der Waals surface area contributed by atoms with Crippen LogP contribution < -0.4 is 0 Å². The van der Waals surface area contributed by atoms with Gasteiger partial charge in [-0.15, -0.1) is 34.9 Å². The fourth-order valence-corrected chi connectivity index (χ4v) is 6.70. The van der Waals surface area contributed by atoms with E-state index in [4.69, 9.17) is 9.40 Å². The van der Waals surface area contributed by atoms with E-state index in [2.05, 4.69) is 78.8 Å². The molecule has 5 rings (SSSR count). The fraction of sp³-hybridized carbons (Fsp3) is 0.500. The zero-order chi connectivity index (χ0) is 32.5. The average molecular weight is 787 g/mol. The summed E-state index contributed by atoms with van der Waals surface area (Å²) in [7, 11) is 0. The SMILES string of the molecule is CCC(CC)C(=O)/C=C(\O)C(CC)CC.Cc1c[c-]c2c(c1)C(C)(C)c1ccc(C(C)C)c3oc4c(C(C)C)cnc-2c4c13.[Ir]. The molecule has 5 heteroatoms. The van der Waals surface area contributed by atoms with Crippen molar-refractivity contribution in [3.8, 4) is 11.3 Å². The Labute approximate surface area is 284 Å². The summed E-state index contributed by atoms with van der Waals surface area (Å²) in [4.78, 5) is 16.7. The maximum Gasteiger partial charge on any atom is 0.162 e. The van der Waals surface area contributed by atoms with Gasteiger partial charge in [0.2, 0.25) is 0 Å². The predicted molar refractivity (Wildman–Crippen MR) is 185 cm³/mol. The van der Waals surface area contributed by atoms with Crippen molar-refractivity contribution in [3.05, 3.63) is 76.2 Å². The molecule has 0 bridgehead atoms. The normalized spacial score (nSPS) is 13.8. The van der Waals surface area contributed by atoms with Gasteiger partial charge in [0.05, 0.1) is 5.76 Å². The molecule has 2 aromatic carbocycles. The molecule has 1 radical (unpaired) electrons. The number of pyridine rings is 1. The fourth-order valence-electron chi connectivity index (χ4n) is 6.70. The number of furan rings is 1. The van der Waals surface area contributed by atoms with Crippen molar-refractivity contribution in [3.63, 3.8) is 0 Å². The summed E-state index contributed by atoms with van der Waals surface area (Å²) in [6, 6.07) is 12.5. The van der Waals surface area contributed by atoms with Crippen molar-refractivity contribution in [2.45, 2.75) is 119 Å². The minimum atomic E-state index is -0.166. The number of aliphatic hydroxyl groups excluding tert-OH is 1. The van der Waals surface area contributed by atoms with E-state index >= 15 is 0 Å². The number of carbonyl (C=O) groups excluding carboxylic acids is 1. The number of aliphatic hydroxyl groups is 1. The first-order valence-corrected chi connectivity index (χ1v) is 16.7. The molecule has 0 atom stereocenters. The van der Waals surface area contributed by atoms with E-state index in [1.807, 2.05) is 33.9 Å². The third-order valence-electron chi connectivity index (χ3n) is 9.70. The van der Waals surface area contributed by atoms with Crippen molar-refractivity contribution < 1.29 is 34.4 Å². The molecule has 0 spiro atoms. The zero-order valence-corrected chi connectivity index (χ0v) is 31.5. The molecule has 45 heavy (non-hydrogen) atoms. The first kappa shape index (κ1) is 36.7. The van der Waals surface area contributed by atoms with Gasteiger partial charge in [-0.3, -0.25) is 4.79 Å². The maximum absolute atomic E-state index is 11.7. The van der Waals surface area contributed by atoms with Gasteiger partial charge >= 0.3 is 0 Å². The van der Waals surface area contributed by atoms with Crippen molar-refractivity contribution in [1.82, 2.24) is 4.98 Å². The van der Waals surface area contributed by atoms with Gasteiger partial charge in [0, 0.05) is 60.5 Å². The van der Waals surface area contributed by atoms with Crippen molar-refractivity contribution in [2.75, 3.05) is 0 Å². The van der Waals surface area contributed by atoms with Gasteiger partial charge in [-0.2, -0.15) is 0 Å². The van der Waals surface area contributed by atoms with Crippen molar-refractivity contribution in [1.29, 1.82) is 0 Å². The minimum Gasteiger partial charge on any atom is -0.512 e. The van der Waals surface area contributed by atoms with Gasteiger partial charge in [0.15, 0.2) is 5.78 Å². The number of rotatable bonds is 9. The van der Waals surface area contributed by atoms with Gasteiger partial charge in [0.25, 0.3) is 0 Å². The summed E-state index contributed by atoms with van der Waals surface area (Å²) in [6.07, 6.45) is 6.92. The average Bonchev–Trinajstić information content (AvgIpc) is 3.34. The number of hydrogen-bond donors (Lipinski definition) is 1. The van der Waals surface area contributed by atoms with Crippen LogP contribution in [0.25, 0.3) is 33.2 Å². The van der Waals surface area contributed by atoms with Crippen LogP contribution in [0.3, 0.4) is 0 Å². The summed E-state index contributed by atoms with van der Waals surface area (Å²) >= 11 is 0. The molecule has 0 unspecified atom stereocenters. The van der Waals surface area contributed by atoms with Gasteiger partial charge in [0.1, 0.15) is 11.2 Å². The van der Waals surface area contributed by atoms with Crippen LogP contribution in [-0.4, -0.2) is 15.9 Å². The number of benzene rings is 2. The Hall–Kier alpha value is -2.75. The Balaban J connectivity index is 0.000000297. The molecule has 2 heterocycles. The topological polar surface area (TPSA) is 63.3 Å². The first-order chi connectivity index (χ1) is 20.8. The standard InChI is InChI=1S/C27H28NO.C13H24O2.Ir/c1-14(2)17-10-11-20-22-23-24(18-9-8-16(5)12-21(18)27(20,6)7)28-13-19(15(3)4)26(23)29-25(17)22;1-5-10(6-2)12(14)9-13(15)11(7-3)8-4;/h8,10-15H,1-7H3;9-11,14H,5-8H2,1-4H3;/q-1;;/b;12-9-;. The molecular formula is C40H52IrNO3-. The molecule has 2 aromatic heterocycles. The number of hydrogen-bond acceptors (Lipinski definition) is 4. The van der Waals surface area contributed by atoms with E-state index in [-0.39, 0.29) is 48.9 Å². The van der Waals surface area contributed by atoms with Crippen LogP contribution in [0.4, 0.5) is 0 Å². The van der Waals surface area contributed by atoms with Crippen LogP contribution in [0.2, 0.25) is 0 Å². The van der Waals surface area contributed by atoms with E-state index in [0.717, 1.165) is 53.5 Å². The number of allylic oxidation sites excluding steroid dienone is 2. The van der Waals surface area contributed by atoms with E-state index in [1.54, 1.807) is 0 Å². The minimum absolute atomic E-state index is 0. The second-order valence-electron chi connectivity index (χ2n) is 13.7. The van der Waals surface area contributed by atoms with Gasteiger partial charge in [-0.25, -0.2) is 0 Å². The molecular weight excluding hydrogens is 735 g/mol. The van der Waals surface area contributed by atoms with E-state index in [9.17, 15) is 9.90 Å². The third kappa shape index (κ3) is 6.86. The molecule has 4 nitrogen and oxygen atoms in total. The van der Waals surface area contributed by atoms with Gasteiger partial charge in [-0.1, -0.05) is 88.3 Å². The van der Waals surface area contributed by atoms with E-state index in [1.165, 1.54) is 39.3 Å². The Bertz CT molecular complexity index is 1680. The molecule has 0 amide bonds. The summed E-state index contributed by atoms with van der Waals surface area (Å²) < 4.78 is 6.67. The molecule has 1 aliphatic carbocycles. The molecule has 1 aliphatic rings. The van der Waals surface area contributed by atoms with Crippen LogP contribution in [0.15, 0.2) is 46.7 Å². The van der Waals surface area contributed by atoms with Crippen molar-refractivity contribution >= 4 is 27.7 Å². The molecule has 0 aliphatic heterocycles. The Morgan fingerprint density at radius 1 is 0.911 bits per heavy atom. The van der Waals surface area contributed by atoms with Crippen LogP contribution in [0, 0.1) is 24.8 Å². The second kappa shape index (κ2) is 14.8. The van der Waals surface area contributed by atoms with Gasteiger partial charge in [-0.05, 0) is 59.8 Å². The number of aromatic nitrogens is 1. The summed E-state index contributed by atoms with van der Waals surface area (Å²) in [5.74, 6) is 1.29. The maximum atomic E-state index is 11.7. The summed E-state index contributed by atoms with van der Waals surface area (Å²) in [6.45, 7) is 23.7. The quantitative estimate of drug-likeness (QED) is 0.104. The monoisotopic (exact) mass is 787 g/mol. The Kier molecular flexibility index (Phi) is 12.1. The zero-order valence-electron chi connectivity index (χ0n) is 29.1. The Morgan fingerprint density at radius 3 is 2.04 bits per heavy atom. The largest absolute Gasteiger partial charge is 0.512 e. The molecule has 0 saturated heterocycles. The molecule has 1 N–H and O–H groups in total. The third-order valence-corrected chi connectivity index (χ3v) is 9.70. The number of carbonyl (C=O) groups is 1. The van der Waals surface area contributed by atoms with Crippen LogP contribution in [-0.2, 0) is 30.3 Å². The Morgan fingerprint density at radius 2 is 1.49 bits per heavy atom. The number of fused-ring (bicyclic) bond motifs is 2. The van der Waals surface area contributed by atoms with Gasteiger partial charge < -0.3 is 14.5 Å². The van der Waals surface area contributed by atoms with Crippen LogP contribution >= 0.6 is 0 Å². The molecule has 245 valence electrons. The molecule has 4 aromatic rings. The number of nitrogens with zero attached hydrogens (tertiary/aromatic N) is 1. The first-order valence-electron chi connectivity index (χ1n) is 16.7. The van der Waals surface area contributed by atoms with E-state index in [0.29, 0.717) is 11.8 Å². The van der Waals surface area contributed by atoms with Crippen molar-refractivity contribution in [2.24, 2.45) is 11.8 Å². The smallest absolute Gasteiger partial charge is 0.162 e. The molecule has 0 saturated carbocycles. The predicted octanol–water partition coefficient (Wildman–Crippen LogP) is 11.5. The molecule has 0 fully saturated rings.